The molecule has 0 fully saturated rings. The first kappa shape index (κ1) is 16.5. The van der Waals surface area contributed by atoms with Crippen molar-refractivity contribution < 1.29 is 9.53 Å². The Balaban J connectivity index is 2.24. The van der Waals surface area contributed by atoms with Gasteiger partial charge >= 0.3 is 0 Å². The van der Waals surface area contributed by atoms with E-state index in [1.807, 2.05) is 6.07 Å². The fourth-order valence-electron chi connectivity index (χ4n) is 1.85. The van der Waals surface area contributed by atoms with Crippen molar-refractivity contribution in [2.45, 2.75) is 0 Å². The van der Waals surface area contributed by atoms with Gasteiger partial charge in [-0.1, -0.05) is 18.2 Å². The normalized spacial score (nSPS) is 9.12. The Morgan fingerprint density at radius 1 is 1.12 bits per heavy atom. The smallest absolute Gasteiger partial charge is 0.255 e. The summed E-state index contributed by atoms with van der Waals surface area (Å²) in [5.41, 5.74) is 3.71. The number of carbonyl (C=O) groups excluding carboxylic acids is 1. The van der Waals surface area contributed by atoms with Gasteiger partial charge in [0.15, 0.2) is 0 Å². The highest BCUT2D eigenvalue weighted by molar-refractivity contribution is 6.10. The number of hydrogen-bond acceptors (Lipinski definition) is 6. The van der Waals surface area contributed by atoms with Crippen LogP contribution < -0.4 is 15.5 Å². The number of nitrogens with one attached hydrogen (secondary N) is 2. The summed E-state index contributed by atoms with van der Waals surface area (Å²) in [6, 6.07) is 16.9. The summed E-state index contributed by atoms with van der Waals surface area (Å²) in [5.74, 6) is 0.180. The van der Waals surface area contributed by atoms with E-state index in [1.165, 1.54) is 7.11 Å². The van der Waals surface area contributed by atoms with Crippen LogP contribution in [-0.4, -0.2) is 18.7 Å². The average Bonchev–Trinajstić information content (AvgIpc) is 2.63. The van der Waals surface area contributed by atoms with Crippen molar-refractivity contribution in [1.82, 2.24) is 0 Å². The minimum absolute atomic E-state index is 0.288. The zero-order chi connectivity index (χ0) is 17.4. The highest BCUT2D eigenvalue weighted by Gasteiger charge is 2.10. The maximum atomic E-state index is 12.3. The van der Waals surface area contributed by atoms with Gasteiger partial charge in [-0.25, -0.2) is 0 Å². The third-order valence-corrected chi connectivity index (χ3v) is 2.99. The third kappa shape index (κ3) is 4.09. The lowest BCUT2D eigenvalue weighted by atomic mass is 10.2. The molecule has 0 atom stereocenters. The molecule has 0 unspecified atom stereocenters. The molecule has 0 radical (unpaired) electrons. The summed E-state index contributed by atoms with van der Waals surface area (Å²) in [5, 5.41) is 23.7. The van der Waals surface area contributed by atoms with Crippen LogP contribution in [0.1, 0.15) is 10.4 Å². The van der Waals surface area contributed by atoms with Crippen molar-refractivity contribution in [3.05, 3.63) is 54.1 Å². The predicted molar refractivity (Wildman–Crippen MR) is 89.7 cm³/mol. The summed E-state index contributed by atoms with van der Waals surface area (Å²) in [7, 11) is 1.49. The van der Waals surface area contributed by atoms with E-state index in [4.69, 9.17) is 15.3 Å². The summed E-state index contributed by atoms with van der Waals surface area (Å²) < 4.78 is 5.22. The van der Waals surface area contributed by atoms with Crippen molar-refractivity contribution in [3.63, 3.8) is 0 Å². The van der Waals surface area contributed by atoms with E-state index in [2.05, 4.69) is 15.8 Å². The molecule has 0 aromatic heterocycles. The Morgan fingerprint density at radius 3 is 2.46 bits per heavy atom. The van der Waals surface area contributed by atoms with Gasteiger partial charge in [0.1, 0.15) is 17.9 Å². The van der Waals surface area contributed by atoms with Crippen molar-refractivity contribution >= 4 is 23.0 Å². The largest absolute Gasteiger partial charge is 0.495 e. The first-order valence-corrected chi connectivity index (χ1v) is 6.86. The van der Waals surface area contributed by atoms with Crippen molar-refractivity contribution in [2.75, 3.05) is 17.9 Å². The van der Waals surface area contributed by atoms with Crippen LogP contribution in [0.25, 0.3) is 0 Å². The number of amides is 1. The van der Waals surface area contributed by atoms with E-state index in [-0.39, 0.29) is 11.6 Å². The van der Waals surface area contributed by atoms with Gasteiger partial charge < -0.3 is 10.1 Å². The number of benzene rings is 2. The van der Waals surface area contributed by atoms with Gasteiger partial charge in [0, 0.05) is 5.56 Å². The Morgan fingerprint density at radius 2 is 1.83 bits per heavy atom. The number of hydrogen-bond donors (Lipinski definition) is 2. The lowest BCUT2D eigenvalue weighted by Gasteiger charge is -2.12. The van der Waals surface area contributed by atoms with Gasteiger partial charge in [-0.05, 0) is 30.3 Å². The molecule has 2 aromatic rings. The van der Waals surface area contributed by atoms with Gasteiger partial charge in [0.05, 0.1) is 18.5 Å². The molecule has 0 spiro atoms. The van der Waals surface area contributed by atoms with Crippen LogP contribution in [0, 0.1) is 22.7 Å². The molecule has 2 N–H and O–H groups in total. The van der Waals surface area contributed by atoms with Gasteiger partial charge in [-0.2, -0.15) is 15.6 Å². The zero-order valence-corrected chi connectivity index (χ0v) is 12.8. The molecule has 2 aromatic carbocycles. The number of nitriles is 2. The number of hydrazone groups is 1. The first-order chi connectivity index (χ1) is 11.7. The standard InChI is InChI=1S/C17H13N5O2/c1-24-16-8-7-13(21-22-14(10-18)11-19)9-15(16)20-17(23)12-5-3-2-4-6-12/h2-9,21H,1H3,(H,20,23). The Hall–Kier alpha value is -3.84. The monoisotopic (exact) mass is 319 g/mol. The fourth-order valence-corrected chi connectivity index (χ4v) is 1.85. The van der Waals surface area contributed by atoms with Gasteiger partial charge in [-0.3, -0.25) is 10.2 Å². The summed E-state index contributed by atoms with van der Waals surface area (Å²) in [4.78, 5) is 12.3. The molecular formula is C17H13N5O2. The highest BCUT2D eigenvalue weighted by atomic mass is 16.5. The van der Waals surface area contributed by atoms with Gasteiger partial charge in [0.25, 0.3) is 5.91 Å². The Bertz CT molecular complexity index is 832. The number of methoxy groups -OCH3 is 1. The molecule has 0 aliphatic heterocycles. The third-order valence-electron chi connectivity index (χ3n) is 2.99. The number of ether oxygens (including phenoxy) is 1. The Labute approximate surface area is 138 Å². The van der Waals surface area contributed by atoms with E-state index >= 15 is 0 Å². The second kappa shape index (κ2) is 7.97. The van der Waals surface area contributed by atoms with Gasteiger partial charge in [0.2, 0.25) is 5.71 Å². The fraction of sp³-hybridized carbons (Fsp3) is 0.0588. The van der Waals surface area contributed by atoms with Crippen LogP contribution in [0.4, 0.5) is 11.4 Å². The Kier molecular flexibility index (Phi) is 5.49. The molecule has 0 bridgehead atoms. The maximum absolute atomic E-state index is 12.3. The first-order valence-electron chi connectivity index (χ1n) is 6.86. The SMILES string of the molecule is COc1ccc(NN=C(C#N)C#N)cc1NC(=O)c1ccccc1. The van der Waals surface area contributed by atoms with E-state index in [0.717, 1.165) is 0 Å². The minimum Gasteiger partial charge on any atom is -0.495 e. The molecule has 24 heavy (non-hydrogen) atoms. The molecule has 7 heteroatoms. The van der Waals surface area contributed by atoms with Crippen LogP contribution in [0.3, 0.4) is 0 Å². The van der Waals surface area contributed by atoms with Crippen LogP contribution in [0.2, 0.25) is 0 Å². The van der Waals surface area contributed by atoms with Crippen molar-refractivity contribution in [3.8, 4) is 17.9 Å². The second-order valence-electron chi connectivity index (χ2n) is 4.53. The van der Waals surface area contributed by atoms with Crippen LogP contribution >= 0.6 is 0 Å². The molecular weight excluding hydrogens is 306 g/mol. The molecule has 118 valence electrons. The summed E-state index contributed by atoms with van der Waals surface area (Å²) in [6.07, 6.45) is 0. The molecule has 0 saturated carbocycles. The van der Waals surface area contributed by atoms with Crippen LogP contribution in [-0.2, 0) is 0 Å². The summed E-state index contributed by atoms with van der Waals surface area (Å²) in [6.45, 7) is 0. The zero-order valence-electron chi connectivity index (χ0n) is 12.8. The molecule has 7 nitrogen and oxygen atoms in total. The number of rotatable bonds is 5. The molecule has 0 saturated heterocycles. The minimum atomic E-state index is -0.305. The van der Waals surface area contributed by atoms with Crippen LogP contribution in [0.15, 0.2) is 53.6 Å². The van der Waals surface area contributed by atoms with E-state index in [9.17, 15) is 4.79 Å². The van der Waals surface area contributed by atoms with Gasteiger partial charge in [-0.15, -0.1) is 0 Å². The number of anilines is 2. The number of nitrogens with zero attached hydrogens (tertiary/aromatic N) is 3. The molecule has 2 rings (SSSR count). The molecule has 0 heterocycles. The average molecular weight is 319 g/mol. The maximum Gasteiger partial charge on any atom is 0.255 e. The molecule has 0 aliphatic rings. The molecule has 1 amide bonds. The van der Waals surface area contributed by atoms with E-state index < -0.39 is 0 Å². The number of carbonyl (C=O) groups is 1. The van der Waals surface area contributed by atoms with E-state index in [0.29, 0.717) is 22.7 Å². The van der Waals surface area contributed by atoms with Crippen molar-refractivity contribution in [1.29, 1.82) is 10.5 Å². The lowest BCUT2D eigenvalue weighted by molar-refractivity contribution is 0.102. The lowest BCUT2D eigenvalue weighted by Crippen LogP contribution is -2.12. The predicted octanol–water partition coefficient (Wildman–Crippen LogP) is 2.76. The van der Waals surface area contributed by atoms with Crippen LogP contribution in [0.5, 0.6) is 5.75 Å². The second-order valence-corrected chi connectivity index (χ2v) is 4.53. The quantitative estimate of drug-likeness (QED) is 0.650. The molecule has 0 aliphatic carbocycles. The van der Waals surface area contributed by atoms with E-state index in [1.54, 1.807) is 54.6 Å². The van der Waals surface area contributed by atoms with Crippen molar-refractivity contribution in [2.24, 2.45) is 5.10 Å². The topological polar surface area (TPSA) is 110 Å². The highest BCUT2D eigenvalue weighted by Crippen LogP contribution is 2.28. The summed E-state index contributed by atoms with van der Waals surface area (Å²) >= 11 is 0.